The quantitative estimate of drug-likeness (QED) is 0.201. The SMILES string of the molecule is CCc1c2c(nc3ccc(O[C@@H]4O[C@H](C(=O)O)[C@@H](O)[C@H](O)[C@H]4O)cc13)-c1cc3c(c(=O)n1C2)COC(=O)[C@]3(O)CC. The van der Waals surface area contributed by atoms with E-state index in [1.807, 2.05) is 6.92 Å². The van der Waals surface area contributed by atoms with E-state index < -0.39 is 48.2 Å². The number of cyclic esters (lactones) is 1. The number of pyridine rings is 2. The first kappa shape index (κ1) is 27.3. The zero-order chi connectivity index (χ0) is 29.4. The molecule has 6 rings (SSSR count). The number of benzene rings is 1. The van der Waals surface area contributed by atoms with E-state index >= 15 is 0 Å². The molecule has 0 unspecified atom stereocenters. The average Bonchev–Trinajstić information content (AvgIpc) is 3.32. The summed E-state index contributed by atoms with van der Waals surface area (Å²) in [6.45, 7) is 3.55. The molecular formula is C28H28N2O11. The van der Waals surface area contributed by atoms with Gasteiger partial charge in [-0.3, -0.25) is 4.79 Å². The van der Waals surface area contributed by atoms with Gasteiger partial charge >= 0.3 is 11.9 Å². The number of fused-ring (bicyclic) bond motifs is 5. The summed E-state index contributed by atoms with van der Waals surface area (Å²) in [5.74, 6) is -2.13. The van der Waals surface area contributed by atoms with Crippen LogP contribution in [0.25, 0.3) is 22.3 Å². The van der Waals surface area contributed by atoms with Crippen LogP contribution in [0.1, 0.15) is 42.5 Å². The number of carbonyl (C=O) groups is 2. The molecule has 13 heteroatoms. The Bertz CT molecular complexity index is 1670. The lowest BCUT2D eigenvalue weighted by molar-refractivity contribution is -0.271. The zero-order valence-electron chi connectivity index (χ0n) is 22.1. The van der Waals surface area contributed by atoms with E-state index in [0.717, 1.165) is 11.1 Å². The Morgan fingerprint density at radius 1 is 1.12 bits per heavy atom. The Labute approximate surface area is 232 Å². The van der Waals surface area contributed by atoms with Gasteiger partial charge < -0.3 is 44.3 Å². The van der Waals surface area contributed by atoms with Crippen LogP contribution in [0.2, 0.25) is 0 Å². The molecule has 3 aliphatic rings. The van der Waals surface area contributed by atoms with Gasteiger partial charge in [-0.05, 0) is 42.7 Å². The molecule has 3 aliphatic heterocycles. The largest absolute Gasteiger partial charge is 0.479 e. The molecule has 2 aromatic heterocycles. The average molecular weight is 569 g/mol. The van der Waals surface area contributed by atoms with Gasteiger partial charge in [0, 0.05) is 16.5 Å². The number of carboxylic acid groups (broad SMARTS) is 1. The van der Waals surface area contributed by atoms with Gasteiger partial charge in [-0.1, -0.05) is 13.8 Å². The molecule has 1 fully saturated rings. The molecule has 0 saturated carbocycles. The van der Waals surface area contributed by atoms with Crippen molar-refractivity contribution in [1.29, 1.82) is 0 Å². The number of aliphatic hydroxyl groups is 4. The fourth-order valence-electron chi connectivity index (χ4n) is 5.90. The number of hydrogen-bond acceptors (Lipinski definition) is 11. The number of aromatic nitrogens is 2. The van der Waals surface area contributed by atoms with E-state index in [0.29, 0.717) is 28.7 Å². The Balaban J connectivity index is 1.42. The maximum atomic E-state index is 13.5. The first-order valence-electron chi connectivity index (χ1n) is 13.2. The second-order valence-corrected chi connectivity index (χ2v) is 10.4. The highest BCUT2D eigenvalue weighted by Gasteiger charge is 2.48. The van der Waals surface area contributed by atoms with Gasteiger partial charge in [0.25, 0.3) is 5.56 Å². The molecule has 0 bridgehead atoms. The second-order valence-electron chi connectivity index (χ2n) is 10.4. The highest BCUT2D eigenvalue weighted by atomic mass is 16.7. The third-order valence-electron chi connectivity index (χ3n) is 8.20. The molecule has 0 amide bonds. The fourth-order valence-corrected chi connectivity index (χ4v) is 5.90. The maximum Gasteiger partial charge on any atom is 0.343 e. The van der Waals surface area contributed by atoms with Gasteiger partial charge in [0.05, 0.1) is 29.0 Å². The minimum absolute atomic E-state index is 0.0331. The third kappa shape index (κ3) is 3.95. The van der Waals surface area contributed by atoms with Crippen molar-refractivity contribution in [3.63, 3.8) is 0 Å². The summed E-state index contributed by atoms with van der Waals surface area (Å²) in [5, 5.41) is 51.5. The molecule has 5 heterocycles. The van der Waals surface area contributed by atoms with Gasteiger partial charge in [-0.2, -0.15) is 0 Å². The normalized spacial score (nSPS) is 28.5. The van der Waals surface area contributed by atoms with Crippen molar-refractivity contribution in [1.82, 2.24) is 9.55 Å². The van der Waals surface area contributed by atoms with Crippen LogP contribution >= 0.6 is 0 Å². The summed E-state index contributed by atoms with van der Waals surface area (Å²) in [4.78, 5) is 42.2. The smallest absolute Gasteiger partial charge is 0.343 e. The van der Waals surface area contributed by atoms with Gasteiger partial charge in [-0.25, -0.2) is 14.6 Å². The van der Waals surface area contributed by atoms with Crippen LogP contribution in [0.4, 0.5) is 0 Å². The monoisotopic (exact) mass is 568 g/mol. The van der Waals surface area contributed by atoms with Crippen molar-refractivity contribution in [2.45, 2.75) is 76.1 Å². The minimum atomic E-state index is -1.93. The number of carbonyl (C=O) groups excluding carboxylic acids is 1. The van der Waals surface area contributed by atoms with Crippen molar-refractivity contribution in [2.75, 3.05) is 0 Å². The van der Waals surface area contributed by atoms with Crippen LogP contribution in [0.15, 0.2) is 29.1 Å². The van der Waals surface area contributed by atoms with Crippen LogP contribution in [0.5, 0.6) is 5.75 Å². The fraction of sp³-hybridized carbons (Fsp3) is 0.429. The number of hydrogen-bond donors (Lipinski definition) is 5. The van der Waals surface area contributed by atoms with Crippen molar-refractivity contribution in [3.8, 4) is 17.1 Å². The maximum absolute atomic E-state index is 13.5. The highest BCUT2D eigenvalue weighted by molar-refractivity contribution is 5.90. The lowest BCUT2D eigenvalue weighted by Crippen LogP contribution is -2.61. The van der Waals surface area contributed by atoms with E-state index in [-0.39, 0.29) is 42.0 Å². The van der Waals surface area contributed by atoms with Crippen molar-refractivity contribution in [3.05, 3.63) is 56.9 Å². The molecule has 3 aromatic rings. The first-order chi connectivity index (χ1) is 19.5. The van der Waals surface area contributed by atoms with Gasteiger partial charge in [0.2, 0.25) is 6.29 Å². The number of aliphatic carboxylic acids is 1. The zero-order valence-corrected chi connectivity index (χ0v) is 22.1. The van der Waals surface area contributed by atoms with Gasteiger partial charge in [0.15, 0.2) is 11.7 Å². The van der Waals surface area contributed by atoms with E-state index in [1.54, 1.807) is 29.7 Å². The molecule has 1 aromatic carbocycles. The number of ether oxygens (including phenoxy) is 3. The molecule has 1 saturated heterocycles. The molecule has 216 valence electrons. The van der Waals surface area contributed by atoms with Crippen LogP contribution in [0.3, 0.4) is 0 Å². The van der Waals surface area contributed by atoms with Gasteiger partial charge in [0.1, 0.15) is 30.7 Å². The summed E-state index contributed by atoms with van der Waals surface area (Å²) in [6.07, 6.45) is -8.16. The van der Waals surface area contributed by atoms with E-state index in [2.05, 4.69) is 0 Å². The predicted octanol–water partition coefficient (Wildman–Crippen LogP) is -0.0870. The lowest BCUT2D eigenvalue weighted by Gasteiger charge is -2.38. The number of carboxylic acids is 1. The lowest BCUT2D eigenvalue weighted by atomic mass is 9.86. The van der Waals surface area contributed by atoms with E-state index in [1.165, 1.54) is 6.07 Å². The molecule has 6 atom stereocenters. The molecule has 41 heavy (non-hydrogen) atoms. The Kier molecular flexibility index (Phi) is 6.39. The van der Waals surface area contributed by atoms with Crippen LogP contribution in [-0.2, 0) is 44.2 Å². The second kappa shape index (κ2) is 9.60. The van der Waals surface area contributed by atoms with Crippen molar-refractivity contribution >= 4 is 22.8 Å². The Morgan fingerprint density at radius 3 is 2.56 bits per heavy atom. The van der Waals surface area contributed by atoms with Gasteiger partial charge in [-0.15, -0.1) is 0 Å². The molecule has 5 N–H and O–H groups in total. The Morgan fingerprint density at radius 2 is 1.88 bits per heavy atom. The summed E-state index contributed by atoms with van der Waals surface area (Å²) in [5.41, 5.74) is 1.37. The number of aryl methyl sites for hydroxylation is 1. The third-order valence-corrected chi connectivity index (χ3v) is 8.20. The number of nitrogens with zero attached hydrogens (tertiary/aromatic N) is 2. The molecular weight excluding hydrogens is 540 g/mol. The molecule has 0 radical (unpaired) electrons. The topological polar surface area (TPSA) is 198 Å². The summed E-state index contributed by atoms with van der Waals surface area (Å²) < 4.78 is 17.6. The first-order valence-corrected chi connectivity index (χ1v) is 13.2. The highest BCUT2D eigenvalue weighted by Crippen LogP contribution is 2.41. The number of esters is 1. The van der Waals surface area contributed by atoms with Crippen LogP contribution in [0, 0.1) is 0 Å². The van der Waals surface area contributed by atoms with E-state index in [9.17, 15) is 39.9 Å². The predicted molar refractivity (Wildman–Crippen MR) is 139 cm³/mol. The minimum Gasteiger partial charge on any atom is -0.479 e. The molecule has 0 aliphatic carbocycles. The van der Waals surface area contributed by atoms with Crippen LogP contribution in [-0.4, -0.2) is 77.7 Å². The summed E-state index contributed by atoms with van der Waals surface area (Å²) in [7, 11) is 0. The summed E-state index contributed by atoms with van der Waals surface area (Å²) in [6, 6.07) is 6.47. The van der Waals surface area contributed by atoms with E-state index in [4.69, 9.17) is 19.2 Å². The standard InChI is InChI=1S/C28H28N2O11/c1-3-12-13-7-11(40-26-22(33)20(31)21(32)23(41-26)25(35)36)5-6-17(13)29-19-14(12)9-30-18(19)8-16-15(24(30)34)10-39-27(37)28(16,38)4-2/h5-8,20-23,26,31-33,38H,3-4,9-10H2,1-2H3,(H,35,36)/t20-,21-,22+,23-,26+,28-/m0/s1. The molecule has 13 nitrogen and oxygen atoms in total. The summed E-state index contributed by atoms with van der Waals surface area (Å²) >= 11 is 0. The van der Waals surface area contributed by atoms with Crippen molar-refractivity contribution in [2.24, 2.45) is 0 Å². The van der Waals surface area contributed by atoms with Crippen LogP contribution < -0.4 is 10.3 Å². The Hall–Kier alpha value is -3.88. The number of aliphatic hydroxyl groups excluding tert-OH is 3. The molecule has 0 spiro atoms. The van der Waals surface area contributed by atoms with Crippen molar-refractivity contribution < 1.29 is 49.3 Å². The number of rotatable bonds is 5.